The highest BCUT2D eigenvalue weighted by Crippen LogP contribution is 2.25. The van der Waals surface area contributed by atoms with Crippen molar-refractivity contribution < 1.29 is 14.4 Å². The maximum absolute atomic E-state index is 12.9. The zero-order chi connectivity index (χ0) is 22.8. The summed E-state index contributed by atoms with van der Waals surface area (Å²) < 4.78 is 0. The molecule has 3 aromatic rings. The molecular formula is C25H24N4O3S. The van der Waals surface area contributed by atoms with Gasteiger partial charge in [0.2, 0.25) is 11.8 Å². The summed E-state index contributed by atoms with van der Waals surface area (Å²) >= 11 is 1.56. The van der Waals surface area contributed by atoms with E-state index in [1.807, 2.05) is 41.8 Å². The molecule has 2 saturated heterocycles. The summed E-state index contributed by atoms with van der Waals surface area (Å²) in [5.41, 5.74) is 2.31. The summed E-state index contributed by atoms with van der Waals surface area (Å²) in [6.07, 6.45) is 3.49. The molecule has 2 aromatic heterocycles. The zero-order valence-electron chi connectivity index (χ0n) is 18.1. The number of imide groups is 1. The van der Waals surface area contributed by atoms with E-state index < -0.39 is 0 Å². The SMILES string of the molecule is O=C(c1ccncc1)c1ccc(N2CCN([C@H]3CC(=O)N(Cc4cccs4)C3=O)CC2)cc1. The lowest BCUT2D eigenvalue weighted by Crippen LogP contribution is -2.52. The molecule has 0 radical (unpaired) electrons. The first-order chi connectivity index (χ1) is 16.1. The third-order valence-corrected chi connectivity index (χ3v) is 7.17. The Kier molecular flexibility index (Phi) is 6.02. The molecule has 0 unspecified atom stereocenters. The second-order valence-corrected chi connectivity index (χ2v) is 9.28. The molecule has 7 nitrogen and oxygen atoms in total. The number of carbonyl (C=O) groups excluding carboxylic acids is 3. The third kappa shape index (κ3) is 4.44. The van der Waals surface area contributed by atoms with Gasteiger partial charge in [-0.1, -0.05) is 6.07 Å². The number of benzene rings is 1. The van der Waals surface area contributed by atoms with E-state index in [0.29, 0.717) is 30.8 Å². The van der Waals surface area contributed by atoms with Gasteiger partial charge in [-0.2, -0.15) is 0 Å². The third-order valence-electron chi connectivity index (χ3n) is 6.31. The Morgan fingerprint density at radius 2 is 1.64 bits per heavy atom. The molecule has 2 aliphatic rings. The van der Waals surface area contributed by atoms with Crippen LogP contribution < -0.4 is 4.90 Å². The normalized spacial score (nSPS) is 19.3. The van der Waals surface area contributed by atoms with Crippen molar-refractivity contribution >= 4 is 34.6 Å². The zero-order valence-corrected chi connectivity index (χ0v) is 18.9. The van der Waals surface area contributed by atoms with Gasteiger partial charge < -0.3 is 4.90 Å². The Bertz CT molecular complexity index is 1140. The Morgan fingerprint density at radius 3 is 2.30 bits per heavy atom. The largest absolute Gasteiger partial charge is 0.369 e. The first-order valence-electron chi connectivity index (χ1n) is 11.0. The lowest BCUT2D eigenvalue weighted by Gasteiger charge is -2.38. The van der Waals surface area contributed by atoms with Crippen LogP contribution in [-0.2, 0) is 16.1 Å². The van der Waals surface area contributed by atoms with Crippen LogP contribution in [-0.4, -0.2) is 64.6 Å². The predicted octanol–water partition coefficient (Wildman–Crippen LogP) is 2.82. The monoisotopic (exact) mass is 460 g/mol. The number of nitrogens with zero attached hydrogens (tertiary/aromatic N) is 4. The fourth-order valence-corrected chi connectivity index (χ4v) is 5.15. The molecule has 0 N–H and O–H groups in total. The number of aromatic nitrogens is 1. The van der Waals surface area contributed by atoms with Crippen molar-refractivity contribution in [3.8, 4) is 0 Å². The van der Waals surface area contributed by atoms with Crippen LogP contribution in [0.15, 0.2) is 66.3 Å². The quantitative estimate of drug-likeness (QED) is 0.416. The number of carbonyl (C=O) groups is 3. The van der Waals surface area contributed by atoms with E-state index in [4.69, 9.17) is 0 Å². The minimum absolute atomic E-state index is 0.0229. The van der Waals surface area contributed by atoms with Gasteiger partial charge in [0.05, 0.1) is 19.0 Å². The van der Waals surface area contributed by atoms with Gasteiger partial charge in [0.15, 0.2) is 5.78 Å². The second-order valence-electron chi connectivity index (χ2n) is 8.25. The first-order valence-corrected chi connectivity index (χ1v) is 11.9. The standard InChI is InChI=1S/C25H24N4O3S/c30-23-16-22(25(32)29(23)17-21-2-1-15-33-21)28-13-11-27(12-14-28)20-5-3-18(4-6-20)24(31)19-7-9-26-10-8-19/h1-10,15,22H,11-14,16-17H2/t22-/m0/s1. The number of thiophene rings is 1. The molecule has 0 aliphatic carbocycles. The maximum Gasteiger partial charge on any atom is 0.247 e. The smallest absolute Gasteiger partial charge is 0.247 e. The molecule has 8 heteroatoms. The fourth-order valence-electron chi connectivity index (χ4n) is 4.46. The molecule has 0 saturated carbocycles. The van der Waals surface area contributed by atoms with Gasteiger partial charge >= 0.3 is 0 Å². The van der Waals surface area contributed by atoms with Crippen LogP contribution in [0.1, 0.15) is 27.2 Å². The molecule has 0 bridgehead atoms. The minimum Gasteiger partial charge on any atom is -0.369 e. The van der Waals surface area contributed by atoms with Crippen molar-refractivity contribution in [2.45, 2.75) is 19.0 Å². The van der Waals surface area contributed by atoms with Crippen LogP contribution in [0, 0.1) is 0 Å². The van der Waals surface area contributed by atoms with Crippen molar-refractivity contribution in [3.63, 3.8) is 0 Å². The van der Waals surface area contributed by atoms with E-state index in [9.17, 15) is 14.4 Å². The summed E-state index contributed by atoms with van der Waals surface area (Å²) in [5, 5.41) is 1.96. The Hall–Kier alpha value is -3.36. The summed E-state index contributed by atoms with van der Waals surface area (Å²) in [7, 11) is 0. The summed E-state index contributed by atoms with van der Waals surface area (Å²) in [6.45, 7) is 3.33. The molecule has 2 fully saturated rings. The van der Waals surface area contributed by atoms with E-state index in [-0.39, 0.29) is 30.1 Å². The van der Waals surface area contributed by atoms with Crippen LogP contribution in [0.4, 0.5) is 5.69 Å². The van der Waals surface area contributed by atoms with Crippen molar-refractivity contribution in [2.24, 2.45) is 0 Å². The molecule has 2 amide bonds. The summed E-state index contributed by atoms with van der Waals surface area (Å²) in [4.78, 5) is 48.8. The number of anilines is 1. The van der Waals surface area contributed by atoms with Crippen LogP contribution in [0.3, 0.4) is 0 Å². The average molecular weight is 461 g/mol. The number of ketones is 1. The van der Waals surface area contributed by atoms with Crippen molar-refractivity contribution in [2.75, 3.05) is 31.1 Å². The highest BCUT2D eigenvalue weighted by Gasteiger charge is 2.42. The molecule has 33 heavy (non-hydrogen) atoms. The highest BCUT2D eigenvalue weighted by atomic mass is 32.1. The van der Waals surface area contributed by atoms with Gasteiger partial charge in [-0.25, -0.2) is 0 Å². The lowest BCUT2D eigenvalue weighted by molar-refractivity contribution is -0.140. The average Bonchev–Trinajstić information content (AvgIpc) is 3.48. The van der Waals surface area contributed by atoms with E-state index in [1.165, 1.54) is 4.90 Å². The summed E-state index contributed by atoms with van der Waals surface area (Å²) in [5.74, 6) is -0.193. The van der Waals surface area contributed by atoms with Crippen molar-refractivity contribution in [1.29, 1.82) is 0 Å². The minimum atomic E-state index is -0.361. The van der Waals surface area contributed by atoms with E-state index in [0.717, 1.165) is 23.7 Å². The Labute approximate surface area is 196 Å². The van der Waals surface area contributed by atoms with Gasteiger partial charge in [0.25, 0.3) is 0 Å². The number of pyridine rings is 1. The van der Waals surface area contributed by atoms with Gasteiger partial charge in [-0.05, 0) is 47.8 Å². The van der Waals surface area contributed by atoms with Gasteiger partial charge in [-0.15, -0.1) is 11.3 Å². The molecule has 168 valence electrons. The lowest BCUT2D eigenvalue weighted by atomic mass is 10.0. The Morgan fingerprint density at radius 1 is 0.939 bits per heavy atom. The summed E-state index contributed by atoms with van der Waals surface area (Å²) in [6, 6.07) is 14.6. The molecule has 2 aliphatic heterocycles. The molecule has 1 atom stereocenters. The molecule has 5 rings (SSSR count). The maximum atomic E-state index is 12.9. The number of hydrogen-bond donors (Lipinski definition) is 0. The number of piperazine rings is 1. The first kappa shape index (κ1) is 21.5. The topological polar surface area (TPSA) is 73.8 Å². The molecule has 0 spiro atoms. The van der Waals surface area contributed by atoms with Gasteiger partial charge in [-0.3, -0.25) is 29.2 Å². The highest BCUT2D eigenvalue weighted by molar-refractivity contribution is 7.09. The fraction of sp³-hybridized carbons (Fsp3) is 0.280. The van der Waals surface area contributed by atoms with Crippen LogP contribution >= 0.6 is 11.3 Å². The number of rotatable bonds is 6. The van der Waals surface area contributed by atoms with E-state index in [2.05, 4.69) is 14.8 Å². The molecule has 4 heterocycles. The van der Waals surface area contributed by atoms with Crippen LogP contribution in [0.2, 0.25) is 0 Å². The van der Waals surface area contributed by atoms with E-state index >= 15 is 0 Å². The van der Waals surface area contributed by atoms with Crippen molar-refractivity contribution in [3.05, 3.63) is 82.3 Å². The number of likely N-dealkylation sites (tertiary alicyclic amines) is 1. The van der Waals surface area contributed by atoms with Crippen molar-refractivity contribution in [1.82, 2.24) is 14.8 Å². The predicted molar refractivity (Wildman–Crippen MR) is 126 cm³/mol. The second kappa shape index (κ2) is 9.25. The van der Waals surface area contributed by atoms with Gasteiger partial charge in [0, 0.05) is 60.3 Å². The Balaban J connectivity index is 1.19. The number of amides is 2. The number of hydrogen-bond acceptors (Lipinski definition) is 7. The molecular weight excluding hydrogens is 436 g/mol. The van der Waals surface area contributed by atoms with E-state index in [1.54, 1.807) is 35.9 Å². The molecule has 1 aromatic carbocycles. The van der Waals surface area contributed by atoms with Crippen LogP contribution in [0.25, 0.3) is 0 Å². The van der Waals surface area contributed by atoms with Gasteiger partial charge in [0.1, 0.15) is 0 Å². The van der Waals surface area contributed by atoms with Crippen LogP contribution in [0.5, 0.6) is 0 Å².